The molecule has 0 bridgehead atoms. The van der Waals surface area contributed by atoms with E-state index in [1.807, 2.05) is 0 Å². The summed E-state index contributed by atoms with van der Waals surface area (Å²) in [6, 6.07) is 12.7. The van der Waals surface area contributed by atoms with E-state index in [9.17, 15) is 8.42 Å². The van der Waals surface area contributed by atoms with Crippen LogP contribution in [0.25, 0.3) is 0 Å². The van der Waals surface area contributed by atoms with E-state index in [4.69, 9.17) is 17.3 Å². The molecular weight excluding hydrogens is 258 g/mol. The highest BCUT2D eigenvalue weighted by Crippen LogP contribution is 2.30. The van der Waals surface area contributed by atoms with E-state index in [0.717, 1.165) is 0 Å². The van der Waals surface area contributed by atoms with Crippen molar-refractivity contribution in [2.45, 2.75) is 9.79 Å². The quantitative estimate of drug-likeness (QED) is 0.851. The third-order valence-corrected chi connectivity index (χ3v) is 4.51. The van der Waals surface area contributed by atoms with Gasteiger partial charge >= 0.3 is 0 Å². The Kier molecular flexibility index (Phi) is 3.09. The Morgan fingerprint density at radius 2 is 1.59 bits per heavy atom. The lowest BCUT2D eigenvalue weighted by Crippen LogP contribution is -2.05. The highest BCUT2D eigenvalue weighted by molar-refractivity contribution is 7.91. The summed E-state index contributed by atoms with van der Waals surface area (Å²) in [5.41, 5.74) is 5.78. The Morgan fingerprint density at radius 1 is 0.941 bits per heavy atom. The van der Waals surface area contributed by atoms with Gasteiger partial charge in [0.25, 0.3) is 0 Å². The van der Waals surface area contributed by atoms with Crippen molar-refractivity contribution in [1.82, 2.24) is 0 Å². The van der Waals surface area contributed by atoms with E-state index in [0.29, 0.717) is 0 Å². The van der Waals surface area contributed by atoms with Crippen LogP contribution in [0, 0.1) is 0 Å². The average molecular weight is 268 g/mol. The molecule has 0 amide bonds. The molecule has 5 heteroatoms. The summed E-state index contributed by atoms with van der Waals surface area (Å²) in [6.07, 6.45) is 0. The third kappa shape index (κ3) is 2.14. The van der Waals surface area contributed by atoms with Gasteiger partial charge in [0.1, 0.15) is 0 Å². The molecule has 2 aromatic rings. The first-order valence-corrected chi connectivity index (χ1v) is 6.74. The van der Waals surface area contributed by atoms with Crippen molar-refractivity contribution < 1.29 is 8.42 Å². The largest absolute Gasteiger partial charge is 0.396 e. The molecule has 0 unspecified atom stereocenters. The number of rotatable bonds is 2. The van der Waals surface area contributed by atoms with E-state index >= 15 is 0 Å². The molecule has 17 heavy (non-hydrogen) atoms. The lowest BCUT2D eigenvalue weighted by Gasteiger charge is -2.08. The number of nitrogens with two attached hydrogens (primary N) is 1. The molecule has 0 heterocycles. The molecular formula is C12H10ClNO2S. The van der Waals surface area contributed by atoms with Crippen molar-refractivity contribution >= 4 is 27.1 Å². The van der Waals surface area contributed by atoms with Crippen LogP contribution in [0.5, 0.6) is 0 Å². The molecule has 0 spiro atoms. The van der Waals surface area contributed by atoms with Gasteiger partial charge in [-0.1, -0.05) is 35.9 Å². The van der Waals surface area contributed by atoms with Crippen LogP contribution in [-0.4, -0.2) is 8.42 Å². The lowest BCUT2D eigenvalue weighted by molar-refractivity contribution is 0.596. The van der Waals surface area contributed by atoms with E-state index in [1.165, 1.54) is 18.2 Å². The lowest BCUT2D eigenvalue weighted by atomic mass is 10.3. The van der Waals surface area contributed by atoms with Crippen LogP contribution < -0.4 is 5.73 Å². The van der Waals surface area contributed by atoms with Gasteiger partial charge in [-0.3, -0.25) is 0 Å². The molecule has 2 aromatic carbocycles. The minimum atomic E-state index is -3.60. The molecule has 0 aromatic heterocycles. The van der Waals surface area contributed by atoms with Gasteiger partial charge in [-0.15, -0.1) is 0 Å². The average Bonchev–Trinajstić information content (AvgIpc) is 2.33. The maximum absolute atomic E-state index is 12.3. The monoisotopic (exact) mass is 267 g/mol. The van der Waals surface area contributed by atoms with Gasteiger partial charge in [-0.05, 0) is 24.3 Å². The molecule has 2 N–H and O–H groups in total. The zero-order chi connectivity index (χ0) is 12.5. The van der Waals surface area contributed by atoms with Gasteiger partial charge in [0.05, 0.1) is 20.5 Å². The maximum Gasteiger partial charge on any atom is 0.208 e. The second kappa shape index (κ2) is 4.39. The van der Waals surface area contributed by atoms with Crippen LogP contribution in [0.1, 0.15) is 0 Å². The Labute approximate surface area is 105 Å². The number of halogens is 1. The van der Waals surface area contributed by atoms with Crippen LogP contribution in [0.4, 0.5) is 5.69 Å². The molecule has 0 aliphatic rings. The van der Waals surface area contributed by atoms with Crippen LogP contribution in [0.3, 0.4) is 0 Å². The summed E-state index contributed by atoms with van der Waals surface area (Å²) in [5, 5.41) is 0.238. The first kappa shape index (κ1) is 12.0. The Hall–Kier alpha value is -1.52. The fourth-order valence-electron chi connectivity index (χ4n) is 1.48. The van der Waals surface area contributed by atoms with E-state index < -0.39 is 9.84 Å². The number of sulfone groups is 1. The minimum absolute atomic E-state index is 0.0381. The molecule has 2 rings (SSSR count). The molecule has 88 valence electrons. The van der Waals surface area contributed by atoms with Gasteiger partial charge in [0.2, 0.25) is 9.84 Å². The summed E-state index contributed by atoms with van der Waals surface area (Å²) in [5.74, 6) is 0. The Morgan fingerprint density at radius 3 is 2.24 bits per heavy atom. The first-order valence-electron chi connectivity index (χ1n) is 4.87. The van der Waals surface area contributed by atoms with Crippen molar-refractivity contribution in [2.24, 2.45) is 0 Å². The Balaban J connectivity index is 2.65. The number of para-hydroxylation sites is 1. The molecule has 0 aliphatic carbocycles. The summed E-state index contributed by atoms with van der Waals surface area (Å²) in [6.45, 7) is 0. The Bertz CT molecular complexity index is 639. The van der Waals surface area contributed by atoms with Crippen molar-refractivity contribution in [3.05, 3.63) is 53.6 Å². The molecule has 0 aliphatic heterocycles. The van der Waals surface area contributed by atoms with E-state index in [1.54, 1.807) is 30.3 Å². The van der Waals surface area contributed by atoms with Crippen LogP contribution in [0.2, 0.25) is 5.02 Å². The highest BCUT2D eigenvalue weighted by atomic mass is 35.5. The van der Waals surface area contributed by atoms with Gasteiger partial charge < -0.3 is 5.73 Å². The molecule has 3 nitrogen and oxygen atoms in total. The molecule has 0 fully saturated rings. The predicted octanol–water partition coefficient (Wildman–Crippen LogP) is 2.76. The van der Waals surface area contributed by atoms with Gasteiger partial charge in [0.15, 0.2) is 0 Å². The fourth-order valence-corrected chi connectivity index (χ4v) is 3.14. The normalized spacial score (nSPS) is 11.4. The van der Waals surface area contributed by atoms with Gasteiger partial charge in [-0.25, -0.2) is 8.42 Å². The number of nitrogen functional groups attached to an aromatic ring is 1. The van der Waals surface area contributed by atoms with Gasteiger partial charge in [-0.2, -0.15) is 0 Å². The second-order valence-electron chi connectivity index (χ2n) is 3.47. The van der Waals surface area contributed by atoms with Crippen molar-refractivity contribution in [3.63, 3.8) is 0 Å². The first-order chi connectivity index (χ1) is 8.03. The summed E-state index contributed by atoms with van der Waals surface area (Å²) in [4.78, 5) is 0.241. The van der Waals surface area contributed by atoms with Crippen molar-refractivity contribution in [2.75, 3.05) is 5.73 Å². The van der Waals surface area contributed by atoms with Crippen LogP contribution in [-0.2, 0) is 9.84 Å². The zero-order valence-electron chi connectivity index (χ0n) is 8.80. The number of hydrogen-bond donors (Lipinski definition) is 1. The molecule has 0 atom stereocenters. The molecule has 0 radical (unpaired) electrons. The predicted molar refractivity (Wildman–Crippen MR) is 67.8 cm³/mol. The standard InChI is InChI=1S/C12H10ClNO2S/c13-10-7-4-8-11(12(10)14)17(15,16)9-5-2-1-3-6-9/h1-8H,14H2. The van der Waals surface area contributed by atoms with E-state index in [-0.39, 0.29) is 20.5 Å². The summed E-state index contributed by atoms with van der Waals surface area (Å²) in [7, 11) is -3.60. The maximum atomic E-state index is 12.3. The number of hydrogen-bond acceptors (Lipinski definition) is 3. The number of anilines is 1. The van der Waals surface area contributed by atoms with Crippen LogP contribution >= 0.6 is 11.6 Å². The molecule has 0 saturated carbocycles. The smallest absolute Gasteiger partial charge is 0.208 e. The third-order valence-electron chi connectivity index (χ3n) is 2.36. The second-order valence-corrected chi connectivity index (χ2v) is 5.79. The van der Waals surface area contributed by atoms with E-state index in [2.05, 4.69) is 0 Å². The summed E-state index contributed by atoms with van der Waals surface area (Å²) < 4.78 is 24.5. The highest BCUT2D eigenvalue weighted by Gasteiger charge is 2.20. The van der Waals surface area contributed by atoms with Crippen molar-refractivity contribution in [1.29, 1.82) is 0 Å². The van der Waals surface area contributed by atoms with Crippen molar-refractivity contribution in [3.8, 4) is 0 Å². The number of benzene rings is 2. The topological polar surface area (TPSA) is 60.2 Å². The van der Waals surface area contributed by atoms with Crippen LogP contribution in [0.15, 0.2) is 58.3 Å². The van der Waals surface area contributed by atoms with Gasteiger partial charge in [0, 0.05) is 0 Å². The minimum Gasteiger partial charge on any atom is -0.396 e. The SMILES string of the molecule is Nc1c(Cl)cccc1S(=O)(=O)c1ccccc1. The molecule has 0 saturated heterocycles. The summed E-state index contributed by atoms with van der Waals surface area (Å²) >= 11 is 5.82. The zero-order valence-corrected chi connectivity index (χ0v) is 10.4. The fraction of sp³-hybridized carbons (Fsp3) is 0.